The Balaban J connectivity index is 2.18. The van der Waals surface area contributed by atoms with Crippen LogP contribution in [0.25, 0.3) is 0 Å². The summed E-state index contributed by atoms with van der Waals surface area (Å²) in [6, 6.07) is 18.3. The highest BCUT2D eigenvalue weighted by Crippen LogP contribution is 2.49. The van der Waals surface area contributed by atoms with Gasteiger partial charge in [-0.3, -0.25) is 9.36 Å². The van der Waals surface area contributed by atoms with Gasteiger partial charge in [0.15, 0.2) is 0 Å². The van der Waals surface area contributed by atoms with Crippen LogP contribution in [0.4, 0.5) is 4.79 Å². The molecule has 180 valence electrons. The Bertz CT molecular complexity index is 919. The quantitative estimate of drug-likeness (QED) is 0.332. The van der Waals surface area contributed by atoms with E-state index >= 15 is 0 Å². The van der Waals surface area contributed by atoms with Crippen LogP contribution in [0.5, 0.6) is 0 Å². The van der Waals surface area contributed by atoms with Crippen LogP contribution in [0, 0.1) is 11.8 Å². The summed E-state index contributed by atoms with van der Waals surface area (Å²) < 4.78 is 23.9. The van der Waals surface area contributed by atoms with Gasteiger partial charge < -0.3 is 19.7 Å². The van der Waals surface area contributed by atoms with Crippen molar-refractivity contribution in [3.05, 3.63) is 71.8 Å². The molecule has 0 aliphatic rings. The molecule has 0 aliphatic carbocycles. The van der Waals surface area contributed by atoms with Gasteiger partial charge in [-0.15, -0.1) is 0 Å². The monoisotopic (exact) mass is 475 g/mol. The summed E-state index contributed by atoms with van der Waals surface area (Å²) in [6.45, 7) is 5.82. The summed E-state index contributed by atoms with van der Waals surface area (Å²) in [5.41, 5.74) is 1.59. The lowest BCUT2D eigenvalue weighted by molar-refractivity contribution is -0.147. The predicted molar refractivity (Wildman–Crippen MR) is 128 cm³/mol. The summed E-state index contributed by atoms with van der Waals surface area (Å²) in [7, 11) is -4.02. The average molecular weight is 476 g/mol. The Morgan fingerprint density at radius 2 is 1.55 bits per heavy atom. The number of hydrogen-bond acceptors (Lipinski definition) is 5. The second-order valence-corrected chi connectivity index (χ2v) is 10.9. The fourth-order valence-electron chi connectivity index (χ4n) is 3.55. The molecule has 0 bridgehead atoms. The fourth-order valence-corrected chi connectivity index (χ4v) is 5.54. The lowest BCUT2D eigenvalue weighted by Crippen LogP contribution is -2.38. The van der Waals surface area contributed by atoms with E-state index in [1.54, 1.807) is 6.92 Å². The third-order valence-electron chi connectivity index (χ3n) is 5.11. The molecule has 2 aromatic rings. The van der Waals surface area contributed by atoms with Crippen LogP contribution in [0.1, 0.15) is 38.3 Å². The van der Waals surface area contributed by atoms with Crippen LogP contribution in [0.3, 0.4) is 0 Å². The summed E-state index contributed by atoms with van der Waals surface area (Å²) >= 11 is 0. The predicted octanol–water partition coefficient (Wildman–Crippen LogP) is 4.98. The summed E-state index contributed by atoms with van der Waals surface area (Å²) in [4.78, 5) is 36.0. The first kappa shape index (κ1) is 26.6. The van der Waals surface area contributed by atoms with E-state index in [4.69, 9.17) is 9.47 Å². The average Bonchev–Trinajstić information content (AvgIpc) is 2.78. The molecule has 0 aromatic heterocycles. The van der Waals surface area contributed by atoms with Gasteiger partial charge in [-0.2, -0.15) is 0 Å². The van der Waals surface area contributed by atoms with Gasteiger partial charge in [-0.25, -0.2) is 4.79 Å². The molecule has 1 unspecified atom stereocenters. The second kappa shape index (κ2) is 13.2. The molecule has 0 saturated carbocycles. The first-order valence-corrected chi connectivity index (χ1v) is 13.1. The van der Waals surface area contributed by atoms with E-state index in [0.29, 0.717) is 6.42 Å². The highest BCUT2D eigenvalue weighted by molar-refractivity contribution is 7.58. The molecule has 8 heteroatoms. The van der Waals surface area contributed by atoms with Crippen LogP contribution in [0.15, 0.2) is 60.7 Å². The maximum Gasteiger partial charge on any atom is 0.408 e. The van der Waals surface area contributed by atoms with E-state index in [1.165, 1.54) is 0 Å². The van der Waals surface area contributed by atoms with Crippen molar-refractivity contribution < 1.29 is 28.5 Å². The van der Waals surface area contributed by atoms with E-state index in [1.807, 2.05) is 74.5 Å². The highest BCUT2D eigenvalue weighted by Gasteiger charge is 2.38. The Hall–Kier alpha value is -2.63. The number of esters is 1. The maximum absolute atomic E-state index is 13.5. The van der Waals surface area contributed by atoms with Crippen molar-refractivity contribution in [3.8, 4) is 0 Å². The number of hydrogen-bond donors (Lipinski definition) is 2. The minimum atomic E-state index is -4.02. The van der Waals surface area contributed by atoms with Gasteiger partial charge in [0.1, 0.15) is 12.4 Å². The summed E-state index contributed by atoms with van der Waals surface area (Å²) in [5, 5.41) is 2.58. The maximum atomic E-state index is 13.5. The van der Waals surface area contributed by atoms with Crippen LogP contribution in [-0.4, -0.2) is 35.5 Å². The van der Waals surface area contributed by atoms with E-state index in [2.05, 4.69) is 5.32 Å². The smallest absolute Gasteiger partial charge is 0.408 e. The minimum Gasteiger partial charge on any atom is -0.466 e. The van der Waals surface area contributed by atoms with Crippen LogP contribution < -0.4 is 5.32 Å². The molecule has 33 heavy (non-hydrogen) atoms. The van der Waals surface area contributed by atoms with Crippen molar-refractivity contribution >= 4 is 19.4 Å². The van der Waals surface area contributed by atoms with E-state index in [0.717, 1.165) is 11.1 Å². The first-order valence-electron chi connectivity index (χ1n) is 11.2. The van der Waals surface area contributed by atoms with E-state index < -0.39 is 31.1 Å². The van der Waals surface area contributed by atoms with Crippen molar-refractivity contribution in [2.24, 2.45) is 11.8 Å². The number of nitrogens with one attached hydrogen (secondary N) is 1. The van der Waals surface area contributed by atoms with Crippen LogP contribution in [-0.2, 0) is 31.9 Å². The first-order chi connectivity index (χ1) is 15.7. The highest BCUT2D eigenvalue weighted by atomic mass is 31.2. The van der Waals surface area contributed by atoms with Crippen LogP contribution in [0.2, 0.25) is 0 Å². The number of carbonyl (C=O) groups excluding carboxylic acids is 2. The van der Waals surface area contributed by atoms with Crippen molar-refractivity contribution in [2.75, 3.05) is 12.8 Å². The summed E-state index contributed by atoms with van der Waals surface area (Å²) in [5.74, 6) is -2.20. The van der Waals surface area contributed by atoms with Crippen LogP contribution >= 0.6 is 7.37 Å². The van der Waals surface area contributed by atoms with Crippen molar-refractivity contribution in [1.29, 1.82) is 0 Å². The second-order valence-electron chi connectivity index (χ2n) is 8.43. The van der Waals surface area contributed by atoms with Gasteiger partial charge in [-0.1, -0.05) is 74.5 Å². The zero-order chi connectivity index (χ0) is 24.3. The number of benzene rings is 2. The van der Waals surface area contributed by atoms with Crippen molar-refractivity contribution in [3.63, 3.8) is 0 Å². The molecule has 1 amide bonds. The SMILES string of the molecule is CCOC(=O)[C@@H](CC(C)C)CP(=O)(O)[C@H](Cc1ccccc1)NC(=O)OCc1ccccc1. The normalized spacial score (nSPS) is 14.7. The number of carbonyl (C=O) groups is 2. The topological polar surface area (TPSA) is 102 Å². The number of ether oxygens (including phenoxy) is 2. The molecule has 2 N–H and O–H groups in total. The van der Waals surface area contributed by atoms with Crippen molar-refractivity contribution in [2.45, 2.75) is 46.0 Å². The van der Waals surface area contributed by atoms with Crippen molar-refractivity contribution in [1.82, 2.24) is 5.32 Å². The Morgan fingerprint density at radius 1 is 0.970 bits per heavy atom. The van der Waals surface area contributed by atoms with Gasteiger partial charge in [0.2, 0.25) is 7.37 Å². The minimum absolute atomic E-state index is 0.0409. The largest absolute Gasteiger partial charge is 0.466 e. The molecule has 0 radical (unpaired) electrons. The molecule has 2 aromatic carbocycles. The van der Waals surface area contributed by atoms with E-state index in [9.17, 15) is 19.0 Å². The van der Waals surface area contributed by atoms with Gasteiger partial charge in [0, 0.05) is 12.6 Å². The summed E-state index contributed by atoms with van der Waals surface area (Å²) in [6.07, 6.45) is -0.516. The van der Waals surface area contributed by atoms with Gasteiger partial charge in [0.25, 0.3) is 0 Å². The fraction of sp³-hybridized carbons (Fsp3) is 0.440. The third kappa shape index (κ3) is 9.40. The molecule has 0 saturated heterocycles. The number of amides is 1. The molecule has 3 atom stereocenters. The van der Waals surface area contributed by atoms with Gasteiger partial charge in [-0.05, 0) is 30.4 Å². The van der Waals surface area contributed by atoms with E-state index in [-0.39, 0.29) is 31.7 Å². The Morgan fingerprint density at radius 3 is 2.09 bits per heavy atom. The lowest BCUT2D eigenvalue weighted by atomic mass is 9.99. The zero-order valence-electron chi connectivity index (χ0n) is 19.5. The Kier molecular flexibility index (Phi) is 10.6. The molecule has 0 aliphatic heterocycles. The standard InChI is InChI=1S/C25H34NO6P/c1-4-31-24(27)22(15-19(2)3)18-33(29,30)23(16-20-11-7-5-8-12-20)26-25(28)32-17-21-13-9-6-10-14-21/h5-14,19,22-23H,4,15-18H2,1-3H3,(H,26,28)(H,29,30)/t22-,23+/m0/s1. The molecule has 0 heterocycles. The Labute approximate surface area is 196 Å². The molecule has 0 fully saturated rings. The molecule has 2 rings (SSSR count). The molecular weight excluding hydrogens is 441 g/mol. The lowest BCUT2D eigenvalue weighted by Gasteiger charge is -2.27. The molecular formula is C25H34NO6P. The third-order valence-corrected chi connectivity index (χ3v) is 7.36. The number of alkyl carbamates (subject to hydrolysis) is 1. The molecule has 0 spiro atoms. The van der Waals surface area contributed by atoms with Gasteiger partial charge >= 0.3 is 12.1 Å². The zero-order valence-corrected chi connectivity index (χ0v) is 20.4. The van der Waals surface area contributed by atoms with Gasteiger partial charge in [0.05, 0.1) is 12.5 Å². The molecule has 7 nitrogen and oxygen atoms in total. The number of rotatable bonds is 12.